The summed E-state index contributed by atoms with van der Waals surface area (Å²) in [4.78, 5) is 2.17. The maximum Gasteiger partial charge on any atom is 0.139 e. The zero-order chi connectivity index (χ0) is 13.9. The monoisotopic (exact) mass is 267 g/mol. The Bertz CT molecular complexity index is 632. The number of nitrogens with zero attached hydrogens (tertiary/aromatic N) is 1. The van der Waals surface area contributed by atoms with Gasteiger partial charge in [-0.3, -0.25) is 0 Å². The number of anilines is 1. The Morgan fingerprint density at radius 3 is 2.70 bits per heavy atom. The van der Waals surface area contributed by atoms with E-state index in [4.69, 9.17) is 4.74 Å². The summed E-state index contributed by atoms with van der Waals surface area (Å²) < 4.78 is 5.17. The molecule has 0 aliphatic carbocycles. The average molecular weight is 267 g/mol. The Balaban J connectivity index is 1.87. The van der Waals surface area contributed by atoms with Crippen LogP contribution in [0.25, 0.3) is 6.08 Å². The van der Waals surface area contributed by atoms with Gasteiger partial charge in [0, 0.05) is 18.7 Å². The van der Waals surface area contributed by atoms with E-state index < -0.39 is 0 Å². The predicted octanol–water partition coefficient (Wildman–Crippen LogP) is 3.43. The number of methoxy groups -OCH3 is 1. The van der Waals surface area contributed by atoms with Gasteiger partial charge in [-0.1, -0.05) is 36.4 Å². The van der Waals surface area contributed by atoms with Crippen LogP contribution in [0, 0.1) is 0 Å². The molecule has 2 aromatic carbocycles. The minimum atomic E-state index is 0.334. The summed E-state index contributed by atoms with van der Waals surface area (Å²) in [6.45, 7) is 1.56. The first-order valence-electron chi connectivity index (χ1n) is 6.64. The Labute approximate surface area is 118 Å². The van der Waals surface area contributed by atoms with Gasteiger partial charge in [0.2, 0.25) is 0 Å². The minimum absolute atomic E-state index is 0.334. The van der Waals surface area contributed by atoms with Crippen LogP contribution < -0.4 is 9.64 Å². The second-order valence-electron chi connectivity index (χ2n) is 4.85. The van der Waals surface area contributed by atoms with Crippen LogP contribution in [0.2, 0.25) is 0 Å². The van der Waals surface area contributed by atoms with E-state index in [0.29, 0.717) is 5.75 Å². The van der Waals surface area contributed by atoms with Gasteiger partial charge in [0.1, 0.15) is 11.5 Å². The molecule has 2 aromatic rings. The van der Waals surface area contributed by atoms with Crippen LogP contribution in [-0.4, -0.2) is 18.8 Å². The predicted molar refractivity (Wildman–Crippen MR) is 81.2 cm³/mol. The summed E-state index contributed by atoms with van der Waals surface area (Å²) >= 11 is 0. The van der Waals surface area contributed by atoms with Gasteiger partial charge < -0.3 is 14.7 Å². The Morgan fingerprint density at radius 2 is 1.95 bits per heavy atom. The van der Waals surface area contributed by atoms with Crippen molar-refractivity contribution in [3.63, 3.8) is 0 Å². The molecular weight excluding hydrogens is 250 g/mol. The molecule has 1 N–H and O–H groups in total. The first-order valence-corrected chi connectivity index (χ1v) is 6.64. The molecule has 0 unspecified atom stereocenters. The maximum absolute atomic E-state index is 10.1. The second kappa shape index (κ2) is 5.29. The highest BCUT2D eigenvalue weighted by Crippen LogP contribution is 2.35. The van der Waals surface area contributed by atoms with E-state index >= 15 is 0 Å². The molecule has 3 rings (SSSR count). The molecule has 0 saturated heterocycles. The Morgan fingerprint density at radius 1 is 1.15 bits per heavy atom. The summed E-state index contributed by atoms with van der Waals surface area (Å²) in [5.41, 5.74) is 3.16. The molecule has 3 nitrogen and oxygen atoms in total. The average Bonchev–Trinajstić information content (AvgIpc) is 2.48. The third-order valence-electron chi connectivity index (χ3n) is 3.52. The van der Waals surface area contributed by atoms with Crippen LogP contribution in [0.4, 0.5) is 5.69 Å². The number of rotatable bonds is 3. The lowest BCUT2D eigenvalue weighted by molar-refractivity contribution is 0.414. The van der Waals surface area contributed by atoms with Gasteiger partial charge in [-0.05, 0) is 23.8 Å². The number of aromatic hydroxyl groups is 1. The third-order valence-corrected chi connectivity index (χ3v) is 3.52. The molecule has 0 radical (unpaired) electrons. The minimum Gasteiger partial charge on any atom is -0.506 e. The maximum atomic E-state index is 10.1. The molecule has 3 heteroatoms. The van der Waals surface area contributed by atoms with Gasteiger partial charge in [-0.2, -0.15) is 0 Å². The fraction of sp³-hybridized carbons (Fsp3) is 0.176. The zero-order valence-corrected chi connectivity index (χ0v) is 11.4. The summed E-state index contributed by atoms with van der Waals surface area (Å²) in [6, 6.07) is 13.6. The van der Waals surface area contributed by atoms with Crippen molar-refractivity contribution in [1.82, 2.24) is 0 Å². The van der Waals surface area contributed by atoms with Crippen LogP contribution in [0.5, 0.6) is 11.5 Å². The first-order chi connectivity index (χ1) is 9.78. The molecule has 0 spiro atoms. The number of phenolic OH excluding ortho intramolecular Hbond substituents is 1. The van der Waals surface area contributed by atoms with Crippen molar-refractivity contribution in [1.29, 1.82) is 0 Å². The largest absolute Gasteiger partial charge is 0.506 e. The van der Waals surface area contributed by atoms with Crippen molar-refractivity contribution in [2.75, 3.05) is 18.6 Å². The molecule has 0 amide bonds. The standard InChI is InChI=1S/C17H17NO2/c1-20-15-9-7-13(8-10-15)12-18-11-3-5-14-4-2-6-16(19)17(14)18/h2-10,19H,11-12H2,1H3. The first kappa shape index (κ1) is 12.6. The van der Waals surface area contributed by atoms with Crippen LogP contribution in [0.1, 0.15) is 11.1 Å². The fourth-order valence-electron chi connectivity index (χ4n) is 2.52. The number of ether oxygens (including phenoxy) is 1. The number of para-hydroxylation sites is 1. The van der Waals surface area contributed by atoms with Gasteiger partial charge in [0.25, 0.3) is 0 Å². The summed E-state index contributed by atoms with van der Waals surface area (Å²) in [7, 11) is 1.67. The Hall–Kier alpha value is -2.42. The van der Waals surface area contributed by atoms with Crippen molar-refractivity contribution < 1.29 is 9.84 Å². The highest BCUT2D eigenvalue weighted by Gasteiger charge is 2.16. The molecule has 0 bridgehead atoms. The number of phenols is 1. The quantitative estimate of drug-likeness (QED) is 0.924. The van der Waals surface area contributed by atoms with Crippen LogP contribution in [0.3, 0.4) is 0 Å². The lowest BCUT2D eigenvalue weighted by Gasteiger charge is -2.29. The topological polar surface area (TPSA) is 32.7 Å². The molecule has 20 heavy (non-hydrogen) atoms. The molecule has 1 aliphatic heterocycles. The highest BCUT2D eigenvalue weighted by molar-refractivity contribution is 5.76. The van der Waals surface area contributed by atoms with Gasteiger partial charge in [-0.15, -0.1) is 0 Å². The van der Waals surface area contributed by atoms with Crippen molar-refractivity contribution in [2.45, 2.75) is 6.54 Å². The lowest BCUT2D eigenvalue weighted by atomic mass is 10.1. The van der Waals surface area contributed by atoms with E-state index in [-0.39, 0.29) is 0 Å². The van der Waals surface area contributed by atoms with Crippen molar-refractivity contribution >= 4 is 11.8 Å². The molecule has 0 fully saturated rings. The van der Waals surface area contributed by atoms with Gasteiger partial charge in [0.15, 0.2) is 0 Å². The molecule has 102 valence electrons. The number of benzene rings is 2. The van der Waals surface area contributed by atoms with E-state index in [1.165, 1.54) is 5.56 Å². The molecule has 0 aromatic heterocycles. The normalized spacial score (nSPS) is 13.2. The van der Waals surface area contributed by atoms with Crippen molar-refractivity contribution in [3.05, 3.63) is 59.7 Å². The molecular formula is C17H17NO2. The van der Waals surface area contributed by atoms with Gasteiger partial charge in [0.05, 0.1) is 12.8 Å². The zero-order valence-electron chi connectivity index (χ0n) is 11.4. The third kappa shape index (κ3) is 2.35. The van der Waals surface area contributed by atoms with E-state index in [9.17, 15) is 5.11 Å². The van der Waals surface area contributed by atoms with E-state index in [1.807, 2.05) is 24.3 Å². The molecule has 0 atom stereocenters. The smallest absolute Gasteiger partial charge is 0.139 e. The number of fused-ring (bicyclic) bond motifs is 1. The Kier molecular flexibility index (Phi) is 3.33. The molecule has 1 aliphatic rings. The van der Waals surface area contributed by atoms with Crippen LogP contribution >= 0.6 is 0 Å². The van der Waals surface area contributed by atoms with Crippen LogP contribution in [-0.2, 0) is 6.54 Å². The van der Waals surface area contributed by atoms with Crippen LogP contribution in [0.15, 0.2) is 48.5 Å². The van der Waals surface area contributed by atoms with E-state index in [0.717, 1.165) is 30.1 Å². The second-order valence-corrected chi connectivity index (χ2v) is 4.85. The fourth-order valence-corrected chi connectivity index (χ4v) is 2.52. The molecule has 1 heterocycles. The molecule has 0 saturated carbocycles. The van der Waals surface area contributed by atoms with E-state index in [1.54, 1.807) is 13.2 Å². The van der Waals surface area contributed by atoms with Crippen molar-refractivity contribution in [3.8, 4) is 11.5 Å². The van der Waals surface area contributed by atoms with E-state index in [2.05, 4.69) is 29.2 Å². The van der Waals surface area contributed by atoms with Gasteiger partial charge >= 0.3 is 0 Å². The number of hydrogen-bond donors (Lipinski definition) is 1. The summed E-state index contributed by atoms with van der Waals surface area (Å²) in [5.74, 6) is 1.19. The van der Waals surface area contributed by atoms with Gasteiger partial charge in [-0.25, -0.2) is 0 Å². The lowest BCUT2D eigenvalue weighted by Crippen LogP contribution is -2.25. The van der Waals surface area contributed by atoms with Crippen molar-refractivity contribution in [2.24, 2.45) is 0 Å². The highest BCUT2D eigenvalue weighted by atomic mass is 16.5. The summed E-state index contributed by atoms with van der Waals surface area (Å²) in [5, 5.41) is 10.1. The number of hydrogen-bond acceptors (Lipinski definition) is 3. The summed E-state index contributed by atoms with van der Waals surface area (Å²) in [6.07, 6.45) is 4.17. The SMILES string of the molecule is COc1ccc(CN2CC=Cc3cccc(O)c32)cc1.